The third-order valence-electron chi connectivity index (χ3n) is 2.86. The second-order valence-corrected chi connectivity index (χ2v) is 5.54. The number of thioether (sulfide) groups is 1. The minimum atomic E-state index is 0.255. The molecule has 0 amide bonds. The average Bonchev–Trinajstić information content (AvgIpc) is 2.88. The van der Waals surface area contributed by atoms with Crippen molar-refractivity contribution >= 4 is 28.6 Å². The van der Waals surface area contributed by atoms with Crippen LogP contribution in [-0.2, 0) is 0 Å². The van der Waals surface area contributed by atoms with E-state index in [2.05, 4.69) is 32.9 Å². The van der Waals surface area contributed by atoms with E-state index in [0.717, 1.165) is 16.2 Å². The van der Waals surface area contributed by atoms with E-state index in [0.29, 0.717) is 5.65 Å². The highest BCUT2D eigenvalue weighted by atomic mass is 32.2. The molecule has 3 rings (SSSR count). The standard InChI is InChI=1S/C13H13N5S/c1-8(9-3-2-4-10(14)5-9)19-13-11-12(16-6-15-11)17-7-18-13/h2-8H,14H2,1H3,(H,15,16,17,18). The van der Waals surface area contributed by atoms with Gasteiger partial charge in [0.1, 0.15) is 16.9 Å². The number of fused-ring (bicyclic) bond motifs is 1. The van der Waals surface area contributed by atoms with Gasteiger partial charge in [0.05, 0.1) is 6.33 Å². The highest BCUT2D eigenvalue weighted by Gasteiger charge is 2.12. The molecule has 0 aliphatic heterocycles. The van der Waals surface area contributed by atoms with Crippen LogP contribution in [0.1, 0.15) is 17.7 Å². The Bertz CT molecular complexity index is 709. The fourth-order valence-corrected chi connectivity index (χ4v) is 2.87. The molecule has 5 nitrogen and oxygen atoms in total. The molecule has 2 heterocycles. The summed E-state index contributed by atoms with van der Waals surface area (Å²) in [5.41, 5.74) is 9.34. The SMILES string of the molecule is CC(Sc1ncnc2nc[nH]c12)c1cccc(N)c1. The number of anilines is 1. The molecule has 1 aromatic carbocycles. The largest absolute Gasteiger partial charge is 0.399 e. The number of imidazole rings is 1. The van der Waals surface area contributed by atoms with Gasteiger partial charge < -0.3 is 10.7 Å². The monoisotopic (exact) mass is 271 g/mol. The summed E-state index contributed by atoms with van der Waals surface area (Å²) in [6, 6.07) is 7.91. The molecule has 0 saturated heterocycles. The van der Waals surface area contributed by atoms with Crippen molar-refractivity contribution in [2.45, 2.75) is 17.2 Å². The van der Waals surface area contributed by atoms with E-state index in [1.165, 1.54) is 11.9 Å². The van der Waals surface area contributed by atoms with E-state index >= 15 is 0 Å². The number of nitrogen functional groups attached to an aromatic ring is 1. The quantitative estimate of drug-likeness (QED) is 0.435. The van der Waals surface area contributed by atoms with Gasteiger partial charge >= 0.3 is 0 Å². The molecule has 0 spiro atoms. The van der Waals surface area contributed by atoms with Gasteiger partial charge in [-0.2, -0.15) is 0 Å². The Hall–Kier alpha value is -2.08. The van der Waals surface area contributed by atoms with Crippen LogP contribution in [0.4, 0.5) is 5.69 Å². The Morgan fingerprint density at radius 2 is 2.16 bits per heavy atom. The van der Waals surface area contributed by atoms with Crippen molar-refractivity contribution in [2.75, 3.05) is 5.73 Å². The fourth-order valence-electron chi connectivity index (χ4n) is 1.88. The van der Waals surface area contributed by atoms with Crippen molar-refractivity contribution in [1.82, 2.24) is 19.9 Å². The van der Waals surface area contributed by atoms with Gasteiger partial charge in [-0.25, -0.2) is 15.0 Å². The van der Waals surface area contributed by atoms with Gasteiger partial charge in [0, 0.05) is 10.9 Å². The Balaban J connectivity index is 1.90. The van der Waals surface area contributed by atoms with E-state index in [1.807, 2.05) is 18.2 Å². The lowest BCUT2D eigenvalue weighted by molar-refractivity contribution is 1.05. The predicted molar refractivity (Wildman–Crippen MR) is 76.8 cm³/mol. The topological polar surface area (TPSA) is 80.5 Å². The van der Waals surface area contributed by atoms with E-state index < -0.39 is 0 Å². The Morgan fingerprint density at radius 3 is 3.00 bits per heavy atom. The van der Waals surface area contributed by atoms with Gasteiger partial charge in [0.15, 0.2) is 5.65 Å². The number of hydrogen-bond donors (Lipinski definition) is 2. The zero-order valence-corrected chi connectivity index (χ0v) is 11.2. The fraction of sp³-hybridized carbons (Fsp3) is 0.154. The number of aromatic nitrogens is 4. The number of benzene rings is 1. The minimum absolute atomic E-state index is 0.255. The van der Waals surface area contributed by atoms with Crippen LogP contribution in [0.3, 0.4) is 0 Å². The van der Waals surface area contributed by atoms with Crippen LogP contribution in [0.5, 0.6) is 0 Å². The number of H-pyrrole nitrogens is 1. The summed E-state index contributed by atoms with van der Waals surface area (Å²) < 4.78 is 0. The summed E-state index contributed by atoms with van der Waals surface area (Å²) in [5.74, 6) is 0. The van der Waals surface area contributed by atoms with Crippen LogP contribution < -0.4 is 5.73 Å². The summed E-state index contributed by atoms with van der Waals surface area (Å²) >= 11 is 1.66. The summed E-state index contributed by atoms with van der Waals surface area (Å²) in [5, 5.41) is 1.15. The lowest BCUT2D eigenvalue weighted by Gasteiger charge is -2.11. The highest BCUT2D eigenvalue weighted by molar-refractivity contribution is 7.99. The second kappa shape index (κ2) is 4.89. The predicted octanol–water partition coefficient (Wildman–Crippen LogP) is 2.79. The molecule has 0 bridgehead atoms. The van der Waals surface area contributed by atoms with Crippen LogP contribution in [0.25, 0.3) is 11.2 Å². The average molecular weight is 271 g/mol. The van der Waals surface area contributed by atoms with Gasteiger partial charge in [-0.15, -0.1) is 0 Å². The van der Waals surface area contributed by atoms with Gasteiger partial charge in [-0.3, -0.25) is 0 Å². The van der Waals surface area contributed by atoms with Crippen LogP contribution in [0.15, 0.2) is 41.9 Å². The molecule has 1 atom stereocenters. The first-order chi connectivity index (χ1) is 9.24. The first kappa shape index (κ1) is 12.0. The number of rotatable bonds is 3. The number of hydrogen-bond acceptors (Lipinski definition) is 5. The molecule has 6 heteroatoms. The molecular weight excluding hydrogens is 258 g/mol. The number of aromatic amines is 1. The summed E-state index contributed by atoms with van der Waals surface area (Å²) in [4.78, 5) is 15.6. The van der Waals surface area contributed by atoms with Crippen molar-refractivity contribution in [3.05, 3.63) is 42.5 Å². The maximum atomic E-state index is 5.81. The first-order valence-electron chi connectivity index (χ1n) is 5.90. The maximum absolute atomic E-state index is 5.81. The molecule has 0 aliphatic carbocycles. The van der Waals surface area contributed by atoms with E-state index in [4.69, 9.17) is 5.73 Å². The second-order valence-electron chi connectivity index (χ2n) is 4.21. The van der Waals surface area contributed by atoms with Crippen LogP contribution in [0.2, 0.25) is 0 Å². The Morgan fingerprint density at radius 1 is 1.26 bits per heavy atom. The Labute approximate surface area is 114 Å². The summed E-state index contributed by atoms with van der Waals surface area (Å²) in [6.45, 7) is 2.13. The lowest BCUT2D eigenvalue weighted by atomic mass is 10.1. The van der Waals surface area contributed by atoms with Crippen LogP contribution in [0, 0.1) is 0 Å². The highest BCUT2D eigenvalue weighted by Crippen LogP contribution is 2.36. The molecule has 19 heavy (non-hydrogen) atoms. The molecule has 96 valence electrons. The van der Waals surface area contributed by atoms with Crippen molar-refractivity contribution in [3.8, 4) is 0 Å². The summed E-state index contributed by atoms with van der Waals surface area (Å²) in [6.07, 6.45) is 3.17. The molecule has 0 radical (unpaired) electrons. The van der Waals surface area contributed by atoms with E-state index in [-0.39, 0.29) is 5.25 Å². The minimum Gasteiger partial charge on any atom is -0.399 e. The number of nitrogens with zero attached hydrogens (tertiary/aromatic N) is 3. The molecule has 1 unspecified atom stereocenters. The zero-order valence-electron chi connectivity index (χ0n) is 10.4. The summed E-state index contributed by atoms with van der Waals surface area (Å²) in [7, 11) is 0. The third-order valence-corrected chi connectivity index (χ3v) is 4.02. The molecule has 2 aromatic heterocycles. The molecule has 0 aliphatic rings. The van der Waals surface area contributed by atoms with Gasteiger partial charge in [0.2, 0.25) is 0 Å². The number of nitrogens with one attached hydrogen (secondary N) is 1. The molecule has 0 saturated carbocycles. The van der Waals surface area contributed by atoms with Crippen molar-refractivity contribution in [1.29, 1.82) is 0 Å². The lowest BCUT2D eigenvalue weighted by Crippen LogP contribution is -1.93. The molecule has 3 aromatic rings. The molecule has 0 fully saturated rings. The zero-order chi connectivity index (χ0) is 13.2. The van der Waals surface area contributed by atoms with E-state index in [9.17, 15) is 0 Å². The van der Waals surface area contributed by atoms with Crippen molar-refractivity contribution in [2.24, 2.45) is 0 Å². The van der Waals surface area contributed by atoms with Crippen molar-refractivity contribution < 1.29 is 0 Å². The molecular formula is C13H13N5S. The van der Waals surface area contributed by atoms with Gasteiger partial charge in [-0.1, -0.05) is 23.9 Å². The smallest absolute Gasteiger partial charge is 0.181 e. The normalized spacial score (nSPS) is 12.7. The van der Waals surface area contributed by atoms with Gasteiger partial charge in [0.25, 0.3) is 0 Å². The number of nitrogens with two attached hydrogens (primary N) is 1. The maximum Gasteiger partial charge on any atom is 0.181 e. The van der Waals surface area contributed by atoms with Gasteiger partial charge in [-0.05, 0) is 24.6 Å². The first-order valence-corrected chi connectivity index (χ1v) is 6.78. The molecule has 3 N–H and O–H groups in total. The van der Waals surface area contributed by atoms with E-state index in [1.54, 1.807) is 18.1 Å². The van der Waals surface area contributed by atoms with Crippen LogP contribution in [-0.4, -0.2) is 19.9 Å². The Kier molecular flexibility index (Phi) is 3.08. The third kappa shape index (κ3) is 2.39. The van der Waals surface area contributed by atoms with Crippen LogP contribution >= 0.6 is 11.8 Å². The van der Waals surface area contributed by atoms with Crippen molar-refractivity contribution in [3.63, 3.8) is 0 Å².